The number of carbonyl (C=O) groups excluding carboxylic acids is 7. The summed E-state index contributed by atoms with van der Waals surface area (Å²) in [4.78, 5) is 121. The molecule has 0 aromatic carbocycles. The maximum absolute atomic E-state index is 12.9. The van der Waals surface area contributed by atoms with E-state index in [1.165, 1.54) is 12.2 Å². The number of Topliss-reactive ketones (excluding diaryl/α,β-unsaturated/α-hetero) is 2. The lowest BCUT2D eigenvalue weighted by atomic mass is 9.79. The number of rotatable bonds is 36. The summed E-state index contributed by atoms with van der Waals surface area (Å²) in [5.41, 5.74) is 0. The summed E-state index contributed by atoms with van der Waals surface area (Å²) in [5, 5.41) is 35.6. The molecule has 0 spiro atoms. The largest absolute Gasteiger partial charge is 0.481 e. The number of aliphatic carboxylic acids is 3. The number of nitrogens with zero attached hydrogens (tertiary/aromatic N) is 1. The van der Waals surface area contributed by atoms with E-state index in [1.807, 2.05) is 0 Å². The fourth-order valence-electron chi connectivity index (χ4n) is 6.92. The normalized spacial score (nSPS) is 17.0. The number of nitrogens with one attached hydrogen (secondary N) is 3. The first-order chi connectivity index (χ1) is 29.7. The zero-order valence-corrected chi connectivity index (χ0v) is 35.4. The van der Waals surface area contributed by atoms with Crippen molar-refractivity contribution in [2.45, 2.75) is 115 Å². The number of carboxylic acids is 3. The molecule has 20 heteroatoms. The highest BCUT2D eigenvalue weighted by atomic mass is 16.5. The Bertz CT molecular complexity index is 1530. The van der Waals surface area contributed by atoms with Crippen LogP contribution < -0.4 is 16.0 Å². The van der Waals surface area contributed by atoms with E-state index >= 15 is 0 Å². The van der Waals surface area contributed by atoms with Crippen LogP contribution in [-0.2, 0) is 62.2 Å². The average Bonchev–Trinajstić information content (AvgIpc) is 3.55. The smallest absolute Gasteiger partial charge is 0.326 e. The van der Waals surface area contributed by atoms with Gasteiger partial charge in [0.25, 0.3) is 11.8 Å². The van der Waals surface area contributed by atoms with Crippen molar-refractivity contribution in [3.05, 3.63) is 12.2 Å². The molecule has 0 saturated heterocycles. The fourth-order valence-corrected chi connectivity index (χ4v) is 6.92. The molecule has 1 fully saturated rings. The first kappa shape index (κ1) is 53.1. The standard InChI is InChI=1S/C42H64N4O16/c47-32(4-1-5-38(52)53)12-8-29-6-9-30(10-7-29)41(57)45-34(42(58)59)14-13-33(48)28-31(11-17-39(54)55)40(56)44-20-3-23-61-25-27-62-26-24-60-22-2-19-43-35(49)18-21-46-36(50)15-16-37(46)51/h15-16,29-31,34H,1-14,17-28H2,(H,43,49)(H,44,56)(H,45,57)(H,52,53)(H,54,55)(H,58,59). The van der Waals surface area contributed by atoms with E-state index < -0.39 is 65.2 Å². The summed E-state index contributed by atoms with van der Waals surface area (Å²) in [6, 6.07) is -1.32. The van der Waals surface area contributed by atoms with E-state index in [4.69, 9.17) is 19.3 Å². The van der Waals surface area contributed by atoms with Crippen LogP contribution in [0, 0.1) is 17.8 Å². The van der Waals surface area contributed by atoms with Crippen LogP contribution in [0.2, 0.25) is 0 Å². The van der Waals surface area contributed by atoms with Crippen LogP contribution in [0.1, 0.15) is 109 Å². The number of ketones is 2. The van der Waals surface area contributed by atoms with Crippen molar-refractivity contribution in [3.63, 3.8) is 0 Å². The van der Waals surface area contributed by atoms with Crippen molar-refractivity contribution >= 4 is 59.0 Å². The molecule has 1 aliphatic heterocycles. The summed E-state index contributed by atoms with van der Waals surface area (Å²) < 4.78 is 16.4. The van der Waals surface area contributed by atoms with E-state index in [1.54, 1.807) is 0 Å². The van der Waals surface area contributed by atoms with E-state index in [2.05, 4.69) is 16.0 Å². The Kier molecular flexibility index (Phi) is 26.4. The van der Waals surface area contributed by atoms with Crippen molar-refractivity contribution in [1.29, 1.82) is 0 Å². The van der Waals surface area contributed by atoms with Gasteiger partial charge < -0.3 is 45.5 Å². The lowest BCUT2D eigenvalue weighted by molar-refractivity contribution is -0.143. The topological polar surface area (TPSA) is 298 Å². The predicted molar refractivity (Wildman–Crippen MR) is 218 cm³/mol. The molecular weight excluding hydrogens is 816 g/mol. The van der Waals surface area contributed by atoms with Crippen LogP contribution in [0.15, 0.2) is 12.2 Å². The summed E-state index contributed by atoms with van der Waals surface area (Å²) in [6.45, 7) is 2.58. The molecule has 0 radical (unpaired) electrons. The lowest BCUT2D eigenvalue weighted by Crippen LogP contribution is -2.44. The molecule has 0 aromatic rings. The molecule has 0 bridgehead atoms. The minimum absolute atomic E-state index is 0.0160. The molecule has 20 nitrogen and oxygen atoms in total. The van der Waals surface area contributed by atoms with Crippen LogP contribution in [0.5, 0.6) is 0 Å². The quantitative estimate of drug-likeness (QED) is 0.0384. The highest BCUT2D eigenvalue weighted by Gasteiger charge is 2.31. The maximum atomic E-state index is 12.9. The SMILES string of the molecule is O=C(O)CCCC(=O)CCC1CCC(C(=O)NC(CCC(=O)CC(CCC(=O)O)C(=O)NCCCOCCOCCOCCCNC(=O)CCN2C(=O)C=CC2=O)C(=O)O)CC1. The molecule has 6 N–H and O–H groups in total. The molecule has 2 unspecified atom stereocenters. The second-order valence-electron chi connectivity index (χ2n) is 15.4. The third-order valence-electron chi connectivity index (χ3n) is 10.5. The van der Waals surface area contributed by atoms with E-state index in [-0.39, 0.29) is 82.1 Å². The molecular formula is C42H64N4O16. The molecule has 2 rings (SSSR count). The molecule has 1 heterocycles. The third kappa shape index (κ3) is 23.8. The van der Waals surface area contributed by atoms with Crippen molar-refractivity contribution in [1.82, 2.24) is 20.9 Å². The van der Waals surface area contributed by atoms with Gasteiger partial charge in [-0.3, -0.25) is 48.1 Å². The molecule has 1 saturated carbocycles. The van der Waals surface area contributed by atoms with Gasteiger partial charge in [-0.25, -0.2) is 4.79 Å². The highest BCUT2D eigenvalue weighted by molar-refractivity contribution is 6.13. The Balaban J connectivity index is 1.55. The summed E-state index contributed by atoms with van der Waals surface area (Å²) in [6.07, 6.45) is 6.15. The van der Waals surface area contributed by atoms with Gasteiger partial charge in [-0.1, -0.05) is 0 Å². The Hall–Kier alpha value is -5.08. The number of amides is 5. The van der Waals surface area contributed by atoms with E-state index in [0.717, 1.165) is 4.90 Å². The summed E-state index contributed by atoms with van der Waals surface area (Å²) in [7, 11) is 0. The number of hydrogen-bond donors (Lipinski definition) is 6. The van der Waals surface area contributed by atoms with Crippen LogP contribution in [0.25, 0.3) is 0 Å². The minimum atomic E-state index is -1.32. The van der Waals surface area contributed by atoms with E-state index in [0.29, 0.717) is 104 Å². The molecule has 1 aliphatic carbocycles. The van der Waals surface area contributed by atoms with Gasteiger partial charge in [0.2, 0.25) is 17.7 Å². The summed E-state index contributed by atoms with van der Waals surface area (Å²) >= 11 is 0. The van der Waals surface area contributed by atoms with Gasteiger partial charge in [-0.2, -0.15) is 0 Å². The molecule has 5 amide bonds. The Morgan fingerprint density at radius 2 is 1.23 bits per heavy atom. The Labute approximate surface area is 361 Å². The van der Waals surface area contributed by atoms with Crippen molar-refractivity contribution in [2.24, 2.45) is 17.8 Å². The van der Waals surface area contributed by atoms with Crippen LogP contribution >= 0.6 is 0 Å². The average molecular weight is 881 g/mol. The van der Waals surface area contributed by atoms with Crippen molar-refractivity contribution in [2.75, 3.05) is 59.3 Å². The third-order valence-corrected chi connectivity index (χ3v) is 10.5. The lowest BCUT2D eigenvalue weighted by Gasteiger charge is -2.28. The number of carboxylic acid groups (broad SMARTS) is 3. The second kappa shape index (κ2) is 30.9. The monoisotopic (exact) mass is 880 g/mol. The molecule has 348 valence electrons. The molecule has 62 heavy (non-hydrogen) atoms. The van der Waals surface area contributed by atoms with E-state index in [9.17, 15) is 58.2 Å². The maximum Gasteiger partial charge on any atom is 0.326 e. The van der Waals surface area contributed by atoms with Gasteiger partial charge in [0.15, 0.2) is 0 Å². The zero-order chi connectivity index (χ0) is 45.7. The predicted octanol–water partition coefficient (Wildman–Crippen LogP) is 1.56. The Morgan fingerprint density at radius 1 is 0.645 bits per heavy atom. The molecule has 0 aromatic heterocycles. The fraction of sp³-hybridized carbons (Fsp3) is 0.714. The van der Waals surface area contributed by atoms with Gasteiger partial charge >= 0.3 is 17.9 Å². The number of hydrogen-bond acceptors (Lipinski definition) is 13. The second-order valence-corrected chi connectivity index (χ2v) is 15.4. The number of carbonyl (C=O) groups is 10. The van der Waals surface area contributed by atoms with Crippen LogP contribution in [0.3, 0.4) is 0 Å². The van der Waals surface area contributed by atoms with Gasteiger partial charge in [0, 0.05) is 102 Å². The number of ether oxygens (including phenoxy) is 3. The molecule has 2 aliphatic rings. The van der Waals surface area contributed by atoms with Gasteiger partial charge in [0.1, 0.15) is 17.6 Å². The van der Waals surface area contributed by atoms with Crippen molar-refractivity contribution < 1.29 is 77.5 Å². The first-order valence-corrected chi connectivity index (χ1v) is 21.5. The first-order valence-electron chi connectivity index (χ1n) is 21.5. The highest BCUT2D eigenvalue weighted by Crippen LogP contribution is 2.32. The van der Waals surface area contributed by atoms with Gasteiger partial charge in [0.05, 0.1) is 26.4 Å². The molecule has 2 atom stereocenters. The minimum Gasteiger partial charge on any atom is -0.481 e. The van der Waals surface area contributed by atoms with Gasteiger partial charge in [-0.05, 0) is 70.1 Å². The summed E-state index contributed by atoms with van der Waals surface area (Å²) in [5.74, 6) is -6.95. The zero-order valence-electron chi connectivity index (χ0n) is 35.4. The van der Waals surface area contributed by atoms with Crippen LogP contribution in [-0.4, -0.2) is 145 Å². The number of imide groups is 1. The van der Waals surface area contributed by atoms with Gasteiger partial charge in [-0.15, -0.1) is 0 Å². The van der Waals surface area contributed by atoms with Crippen LogP contribution in [0.4, 0.5) is 0 Å². The van der Waals surface area contributed by atoms with Crippen molar-refractivity contribution in [3.8, 4) is 0 Å². The Morgan fingerprint density at radius 3 is 1.81 bits per heavy atom.